The van der Waals surface area contributed by atoms with Gasteiger partial charge < -0.3 is 20.1 Å². The number of nitrogens with zero attached hydrogens (tertiary/aromatic N) is 1. The Hall–Kier alpha value is -1.18. The second-order valence-electron chi connectivity index (χ2n) is 5.70. The van der Waals surface area contributed by atoms with Gasteiger partial charge in [-0.05, 0) is 57.2 Å². The summed E-state index contributed by atoms with van der Waals surface area (Å²) in [6, 6.07) is 6.77. The van der Waals surface area contributed by atoms with Crippen LogP contribution in [0.2, 0.25) is 0 Å². The second-order valence-corrected chi connectivity index (χ2v) is 5.70. The van der Waals surface area contributed by atoms with E-state index in [0.717, 1.165) is 43.4 Å². The molecule has 0 heterocycles. The number of aryl methyl sites for hydroxylation is 1. The van der Waals surface area contributed by atoms with Gasteiger partial charge in [0.2, 0.25) is 0 Å². The second kappa shape index (κ2) is 11.4. The fourth-order valence-corrected chi connectivity index (χ4v) is 2.36. The highest BCUT2D eigenvalue weighted by atomic mass is 127. The van der Waals surface area contributed by atoms with Gasteiger partial charge >= 0.3 is 0 Å². The number of hydrogen-bond donors (Lipinski definition) is 2. The Bertz CT molecular complexity index is 519. The molecule has 0 amide bonds. The maximum atomic E-state index is 5.62. The molecule has 1 saturated carbocycles. The minimum Gasteiger partial charge on any atom is -0.493 e. The molecule has 0 aliphatic heterocycles. The Morgan fingerprint density at radius 3 is 2.67 bits per heavy atom. The third-order valence-electron chi connectivity index (χ3n) is 3.68. The van der Waals surface area contributed by atoms with Gasteiger partial charge in [-0.1, -0.05) is 6.07 Å². The number of rotatable bonds is 9. The van der Waals surface area contributed by atoms with Gasteiger partial charge in [-0.2, -0.15) is 0 Å². The summed E-state index contributed by atoms with van der Waals surface area (Å²) in [5.41, 5.74) is 1.25. The summed E-state index contributed by atoms with van der Waals surface area (Å²) in [5.74, 6) is 2.55. The van der Waals surface area contributed by atoms with Crippen molar-refractivity contribution in [3.05, 3.63) is 23.8 Å². The summed E-state index contributed by atoms with van der Waals surface area (Å²) in [6.45, 7) is 6.43. The van der Waals surface area contributed by atoms with Crippen molar-refractivity contribution in [3.63, 3.8) is 0 Å². The summed E-state index contributed by atoms with van der Waals surface area (Å²) < 4.78 is 10.9. The number of methoxy groups -OCH3 is 1. The fourth-order valence-electron chi connectivity index (χ4n) is 2.36. The SMILES string of the molecule is CCNC(=NCCCc1ccc(OC)c(OCC)c1)NC1CC1.I. The first-order chi connectivity index (χ1) is 11.3. The molecular weight excluding hydrogens is 417 g/mol. The van der Waals surface area contributed by atoms with Crippen LogP contribution in [0.4, 0.5) is 0 Å². The molecule has 24 heavy (non-hydrogen) atoms. The summed E-state index contributed by atoms with van der Waals surface area (Å²) in [7, 11) is 1.67. The largest absolute Gasteiger partial charge is 0.493 e. The monoisotopic (exact) mass is 447 g/mol. The van der Waals surface area contributed by atoms with Crippen LogP contribution in [0.1, 0.15) is 38.7 Å². The van der Waals surface area contributed by atoms with Crippen LogP contribution in [0.15, 0.2) is 23.2 Å². The van der Waals surface area contributed by atoms with Gasteiger partial charge in [0, 0.05) is 19.1 Å². The van der Waals surface area contributed by atoms with Gasteiger partial charge in [0.05, 0.1) is 13.7 Å². The van der Waals surface area contributed by atoms with Gasteiger partial charge in [-0.3, -0.25) is 4.99 Å². The van der Waals surface area contributed by atoms with Gasteiger partial charge in [0.1, 0.15) is 0 Å². The van der Waals surface area contributed by atoms with Crippen LogP contribution in [0.3, 0.4) is 0 Å². The van der Waals surface area contributed by atoms with E-state index in [1.807, 2.05) is 13.0 Å². The number of hydrogen-bond acceptors (Lipinski definition) is 3. The fraction of sp³-hybridized carbons (Fsp3) is 0.611. The van der Waals surface area contributed by atoms with E-state index in [9.17, 15) is 0 Å². The molecule has 0 aromatic heterocycles. The Kier molecular flexibility index (Phi) is 9.90. The molecular formula is C18H30IN3O2. The highest BCUT2D eigenvalue weighted by molar-refractivity contribution is 14.0. The van der Waals surface area contributed by atoms with Crippen LogP contribution < -0.4 is 20.1 Å². The highest BCUT2D eigenvalue weighted by Crippen LogP contribution is 2.28. The van der Waals surface area contributed by atoms with Crippen molar-refractivity contribution in [3.8, 4) is 11.5 Å². The molecule has 0 saturated heterocycles. The normalized spacial score (nSPS) is 13.9. The predicted octanol–water partition coefficient (Wildman–Crippen LogP) is 3.36. The molecule has 1 aliphatic rings. The molecule has 1 fully saturated rings. The molecule has 6 heteroatoms. The zero-order valence-corrected chi connectivity index (χ0v) is 17.3. The van der Waals surface area contributed by atoms with Crippen LogP contribution in [0.25, 0.3) is 0 Å². The lowest BCUT2D eigenvalue weighted by Gasteiger charge is -2.11. The van der Waals surface area contributed by atoms with E-state index in [-0.39, 0.29) is 24.0 Å². The molecule has 5 nitrogen and oxygen atoms in total. The third kappa shape index (κ3) is 7.15. The molecule has 2 N–H and O–H groups in total. The van der Waals surface area contributed by atoms with Gasteiger partial charge in [0.25, 0.3) is 0 Å². The van der Waals surface area contributed by atoms with Crippen molar-refractivity contribution in [1.29, 1.82) is 0 Å². The van der Waals surface area contributed by atoms with Crippen LogP contribution in [-0.4, -0.2) is 38.8 Å². The van der Waals surface area contributed by atoms with E-state index in [2.05, 4.69) is 34.7 Å². The minimum atomic E-state index is 0. The van der Waals surface area contributed by atoms with Gasteiger partial charge in [0.15, 0.2) is 17.5 Å². The number of halogens is 1. The van der Waals surface area contributed by atoms with E-state index in [1.165, 1.54) is 18.4 Å². The number of guanidine groups is 1. The molecule has 1 aromatic carbocycles. The molecule has 0 spiro atoms. The van der Waals surface area contributed by atoms with Crippen LogP contribution in [0, 0.1) is 0 Å². The lowest BCUT2D eigenvalue weighted by atomic mass is 10.1. The smallest absolute Gasteiger partial charge is 0.191 e. The van der Waals surface area contributed by atoms with Crippen molar-refractivity contribution in [2.75, 3.05) is 26.8 Å². The molecule has 1 aromatic rings. The lowest BCUT2D eigenvalue weighted by molar-refractivity contribution is 0.310. The molecule has 1 aliphatic carbocycles. The van der Waals surface area contributed by atoms with E-state index < -0.39 is 0 Å². The molecule has 136 valence electrons. The number of benzene rings is 1. The van der Waals surface area contributed by atoms with Crippen molar-refractivity contribution in [1.82, 2.24) is 10.6 Å². The molecule has 0 bridgehead atoms. The summed E-state index contributed by atoms with van der Waals surface area (Å²) in [5, 5.41) is 6.73. The number of ether oxygens (including phenoxy) is 2. The minimum absolute atomic E-state index is 0. The van der Waals surface area contributed by atoms with Crippen molar-refractivity contribution >= 4 is 29.9 Å². The first-order valence-electron chi connectivity index (χ1n) is 8.61. The number of nitrogens with one attached hydrogen (secondary N) is 2. The maximum Gasteiger partial charge on any atom is 0.191 e. The van der Waals surface area contributed by atoms with Crippen LogP contribution in [0.5, 0.6) is 11.5 Å². The zero-order chi connectivity index (χ0) is 16.5. The quantitative estimate of drug-likeness (QED) is 0.264. The zero-order valence-electron chi connectivity index (χ0n) is 14.9. The van der Waals surface area contributed by atoms with Gasteiger partial charge in [-0.25, -0.2) is 0 Å². The summed E-state index contributed by atoms with van der Waals surface area (Å²) in [6.07, 6.45) is 4.52. The third-order valence-corrected chi connectivity index (χ3v) is 3.68. The Morgan fingerprint density at radius 1 is 1.25 bits per heavy atom. The predicted molar refractivity (Wildman–Crippen MR) is 110 cm³/mol. The molecule has 0 atom stereocenters. The Balaban J connectivity index is 0.00000288. The maximum absolute atomic E-state index is 5.62. The molecule has 0 unspecified atom stereocenters. The number of aliphatic imine (C=N–C) groups is 1. The first-order valence-corrected chi connectivity index (χ1v) is 8.61. The lowest BCUT2D eigenvalue weighted by Crippen LogP contribution is -2.38. The summed E-state index contributed by atoms with van der Waals surface area (Å²) >= 11 is 0. The van der Waals surface area contributed by atoms with E-state index in [1.54, 1.807) is 7.11 Å². The van der Waals surface area contributed by atoms with Gasteiger partial charge in [-0.15, -0.1) is 24.0 Å². The van der Waals surface area contributed by atoms with Crippen LogP contribution in [-0.2, 0) is 6.42 Å². The topological polar surface area (TPSA) is 54.9 Å². The Morgan fingerprint density at radius 2 is 2.04 bits per heavy atom. The Labute approximate surface area is 162 Å². The standard InChI is InChI=1S/C18H29N3O2.HI/c1-4-19-18(21-15-9-10-15)20-12-6-7-14-8-11-16(22-3)17(13-14)23-5-2;/h8,11,13,15H,4-7,9-10,12H2,1-3H3,(H2,19,20,21);1H. The first kappa shape index (κ1) is 20.9. The van der Waals surface area contributed by atoms with E-state index in [0.29, 0.717) is 12.6 Å². The average molecular weight is 447 g/mol. The van der Waals surface area contributed by atoms with Crippen molar-refractivity contribution in [2.45, 2.75) is 45.6 Å². The van der Waals surface area contributed by atoms with Crippen molar-refractivity contribution < 1.29 is 9.47 Å². The van der Waals surface area contributed by atoms with E-state index >= 15 is 0 Å². The molecule has 0 radical (unpaired) electrons. The van der Waals surface area contributed by atoms with Crippen molar-refractivity contribution in [2.24, 2.45) is 4.99 Å². The molecule has 2 rings (SSSR count). The van der Waals surface area contributed by atoms with Crippen LogP contribution >= 0.6 is 24.0 Å². The summed E-state index contributed by atoms with van der Waals surface area (Å²) in [4.78, 5) is 4.64. The van der Waals surface area contributed by atoms with E-state index in [4.69, 9.17) is 9.47 Å². The average Bonchev–Trinajstić information content (AvgIpc) is 3.36. The highest BCUT2D eigenvalue weighted by Gasteiger charge is 2.21.